The smallest absolute Gasteiger partial charge is 1.00 e. The van der Waals surface area contributed by atoms with Crippen LogP contribution in [-0.4, -0.2) is 90.3 Å². The molecule has 1 fully saturated rings. The van der Waals surface area contributed by atoms with E-state index < -0.39 is 35.2 Å². The van der Waals surface area contributed by atoms with Gasteiger partial charge in [-0.05, 0) is 18.6 Å². The van der Waals surface area contributed by atoms with Crippen LogP contribution in [0.15, 0.2) is 49.9 Å². The van der Waals surface area contributed by atoms with Crippen molar-refractivity contribution in [2.75, 3.05) is 24.3 Å². The fraction of sp³-hybridized carbons (Fsp3) is 0.286. The molecule has 41 heavy (non-hydrogen) atoms. The number of thioether (sulfide) groups is 2. The Hall–Kier alpha value is -3.07. The van der Waals surface area contributed by atoms with Crippen molar-refractivity contribution >= 4 is 75.2 Å². The number of β-lactam (4-membered cyclic amide) rings is 1. The number of urea groups is 1. The maximum atomic E-state index is 13.1. The molecule has 20 heteroatoms. The largest absolute Gasteiger partial charge is 1.00 e. The predicted octanol–water partition coefficient (Wildman–Crippen LogP) is -3.11. The number of nitrogens with two attached hydrogens (primary N) is 2. The molecule has 212 valence electrons. The molecular weight excluding hydrogens is 607 g/mol. The average Bonchev–Trinajstić information content (AvgIpc) is 3.54. The number of hydrogen-bond acceptors (Lipinski definition) is 14. The second kappa shape index (κ2) is 12.4. The van der Waals surface area contributed by atoms with E-state index in [1.807, 2.05) is 0 Å². The van der Waals surface area contributed by atoms with Gasteiger partial charge in [0, 0.05) is 22.6 Å². The number of rotatable bonds is 8. The van der Waals surface area contributed by atoms with E-state index in [0.717, 1.165) is 16.3 Å². The van der Waals surface area contributed by atoms with Gasteiger partial charge in [0.1, 0.15) is 29.9 Å². The number of anilines is 1. The quantitative estimate of drug-likeness (QED) is 0.0834. The number of carboxylic acid groups (broad SMARTS) is 1. The Morgan fingerprint density at radius 2 is 2.17 bits per heavy atom. The third kappa shape index (κ3) is 5.96. The predicted molar refractivity (Wildman–Crippen MR) is 149 cm³/mol. The fourth-order valence-electron chi connectivity index (χ4n) is 4.13. The minimum atomic E-state index is -1.26. The van der Waals surface area contributed by atoms with Crippen LogP contribution in [0.4, 0.5) is 9.93 Å². The molecule has 7 N–H and O–H groups in total. The summed E-state index contributed by atoms with van der Waals surface area (Å²) in [5, 5.41) is 20.8. The summed E-state index contributed by atoms with van der Waals surface area (Å²) in [5.41, 5.74) is 14.9. The van der Waals surface area contributed by atoms with Gasteiger partial charge in [0.25, 0.3) is 11.8 Å². The van der Waals surface area contributed by atoms with Crippen molar-refractivity contribution in [2.24, 2.45) is 15.9 Å². The number of fused-ring (bicyclic) bond motifs is 2. The molecule has 0 bridgehead atoms. The maximum absolute atomic E-state index is 13.1. The van der Waals surface area contributed by atoms with E-state index in [1.165, 1.54) is 47.1 Å². The number of thiazole rings is 1. The Bertz CT molecular complexity index is 1480. The van der Waals surface area contributed by atoms with Gasteiger partial charge in [-0.1, -0.05) is 5.16 Å². The van der Waals surface area contributed by atoms with Crippen LogP contribution in [0.25, 0.3) is 0 Å². The SMILES string of the molecule is CON=C(C(=O)N[C@@H]1C(=O)N2C(C(=O)O)=C(CSC3=CC(C)=NC4=CN(C(N)=O)NN43)CS[C@H]12)c1csc(N)n1.[H-].[Na+]. The molecule has 5 heterocycles. The van der Waals surface area contributed by atoms with E-state index in [0.29, 0.717) is 27.9 Å². The number of amides is 4. The summed E-state index contributed by atoms with van der Waals surface area (Å²) >= 11 is 3.75. The number of nitrogens with zero attached hydrogens (tertiary/aromatic N) is 6. The molecular formula is C21H23N10NaO6S3. The average molecular weight is 631 g/mol. The van der Waals surface area contributed by atoms with E-state index in [9.17, 15) is 24.3 Å². The van der Waals surface area contributed by atoms with Crippen molar-refractivity contribution in [2.45, 2.75) is 18.3 Å². The Morgan fingerprint density at radius 3 is 2.80 bits per heavy atom. The summed E-state index contributed by atoms with van der Waals surface area (Å²) in [6, 6.07) is -1.70. The Balaban J connectivity index is 0.00000242. The van der Waals surface area contributed by atoms with Gasteiger partial charge in [-0.25, -0.2) is 29.6 Å². The number of nitrogens with one attached hydrogen (secondary N) is 2. The molecule has 5 rings (SSSR count). The summed E-state index contributed by atoms with van der Waals surface area (Å²) < 4.78 is 0. The van der Waals surface area contributed by atoms with E-state index in [2.05, 4.69) is 26.0 Å². The van der Waals surface area contributed by atoms with Crippen LogP contribution >= 0.6 is 34.9 Å². The van der Waals surface area contributed by atoms with Crippen LogP contribution < -0.4 is 51.9 Å². The van der Waals surface area contributed by atoms with Crippen LogP contribution in [0.2, 0.25) is 0 Å². The molecule has 16 nitrogen and oxygen atoms in total. The zero-order chi connectivity index (χ0) is 28.7. The van der Waals surface area contributed by atoms with E-state index in [-0.39, 0.29) is 59.0 Å². The first-order valence-electron chi connectivity index (χ1n) is 11.4. The van der Waals surface area contributed by atoms with Crippen molar-refractivity contribution in [3.05, 3.63) is 45.5 Å². The number of primary amides is 1. The third-order valence-corrected chi connectivity index (χ3v) is 8.96. The third-order valence-electron chi connectivity index (χ3n) is 5.86. The van der Waals surface area contributed by atoms with Crippen LogP contribution in [0.3, 0.4) is 0 Å². The van der Waals surface area contributed by atoms with E-state index >= 15 is 0 Å². The molecule has 1 saturated heterocycles. The minimum absolute atomic E-state index is 0. The van der Waals surface area contributed by atoms with Crippen LogP contribution in [0.5, 0.6) is 0 Å². The van der Waals surface area contributed by atoms with Crippen molar-refractivity contribution in [1.82, 2.24) is 30.8 Å². The molecule has 1 aromatic heterocycles. The van der Waals surface area contributed by atoms with Crippen LogP contribution in [0.1, 0.15) is 14.0 Å². The standard InChI is InChI=1S/C21H22N10O6S3.Na.H/c1-8-3-12(31-11(24-8)4-29(28-31)21(23)36)38-5-9-6-39-18-14(17(33)30(18)15(9)19(34)35)26-16(32)13(27-37-2)10-7-40-20(22)25-10;;/h3-4,7,14,18,28H,5-6H2,1-2H3,(H2,22,25)(H2,23,36)(H,26,32)(H,34,35);;/q;+1;-1/t14-,18-;;/m1../s1. The minimum Gasteiger partial charge on any atom is -1.00 e. The van der Waals surface area contributed by atoms with Gasteiger partial charge in [-0.15, -0.1) is 40.4 Å². The molecule has 0 radical (unpaired) electrons. The van der Waals surface area contributed by atoms with E-state index in [1.54, 1.807) is 18.0 Å². The zero-order valence-corrected chi connectivity index (χ0v) is 26.3. The molecule has 4 amide bonds. The van der Waals surface area contributed by atoms with E-state index in [4.69, 9.17) is 16.3 Å². The van der Waals surface area contributed by atoms with Gasteiger partial charge < -0.3 is 28.2 Å². The monoisotopic (exact) mass is 630 g/mol. The first-order chi connectivity index (χ1) is 19.1. The summed E-state index contributed by atoms with van der Waals surface area (Å²) in [5.74, 6) is -1.54. The summed E-state index contributed by atoms with van der Waals surface area (Å²) in [6.45, 7) is 1.79. The Morgan fingerprint density at radius 1 is 1.41 bits per heavy atom. The number of carbonyl (C=O) groups excluding carboxylic acids is 3. The molecule has 4 aliphatic heterocycles. The summed E-state index contributed by atoms with van der Waals surface area (Å²) in [4.78, 5) is 64.2. The number of hydrazine groups is 2. The first kappa shape index (κ1) is 30.9. The number of carbonyl (C=O) groups is 4. The zero-order valence-electron chi connectivity index (χ0n) is 22.9. The molecule has 0 saturated carbocycles. The Kier molecular flexibility index (Phi) is 9.36. The van der Waals surface area contributed by atoms with Crippen molar-refractivity contribution in [1.29, 1.82) is 0 Å². The van der Waals surface area contributed by atoms with Gasteiger partial charge in [0.2, 0.25) is 0 Å². The van der Waals surface area contributed by atoms with Crippen LogP contribution in [-0.2, 0) is 19.2 Å². The number of aromatic nitrogens is 1. The van der Waals surface area contributed by atoms with Crippen molar-refractivity contribution in [3.63, 3.8) is 0 Å². The van der Waals surface area contributed by atoms with Crippen LogP contribution in [0, 0.1) is 0 Å². The number of allylic oxidation sites excluding steroid dienone is 1. The molecule has 4 aliphatic rings. The molecule has 0 aromatic carbocycles. The van der Waals surface area contributed by atoms with Gasteiger partial charge in [0.15, 0.2) is 16.7 Å². The molecule has 0 unspecified atom stereocenters. The van der Waals surface area contributed by atoms with Gasteiger partial charge in [0.05, 0.1) is 11.2 Å². The van der Waals surface area contributed by atoms with Gasteiger partial charge >= 0.3 is 41.6 Å². The molecule has 2 atom stereocenters. The van der Waals surface area contributed by atoms with Gasteiger partial charge in [-0.2, -0.15) is 0 Å². The molecule has 0 aliphatic carbocycles. The summed E-state index contributed by atoms with van der Waals surface area (Å²) in [7, 11) is 1.27. The van der Waals surface area contributed by atoms with Crippen molar-refractivity contribution in [3.8, 4) is 0 Å². The fourth-order valence-corrected chi connectivity index (χ4v) is 7.24. The number of oxime groups is 1. The topological polar surface area (TPSA) is 221 Å². The maximum Gasteiger partial charge on any atom is 1.00 e. The Labute approximate surface area is 268 Å². The second-order valence-electron chi connectivity index (χ2n) is 8.47. The number of aliphatic imine (C=N–C) groups is 1. The number of hydrogen-bond donors (Lipinski definition) is 5. The normalized spacial score (nSPS) is 21.6. The van der Waals surface area contributed by atoms with Crippen molar-refractivity contribution < 1.29 is 60.1 Å². The molecule has 1 aromatic rings. The summed E-state index contributed by atoms with van der Waals surface area (Å²) in [6.07, 6.45) is 3.22. The molecule has 0 spiro atoms. The van der Waals surface area contributed by atoms with Gasteiger partial charge in [-0.3, -0.25) is 14.5 Å². The second-order valence-corrected chi connectivity index (χ2v) is 11.5. The number of nitrogen functional groups attached to an aromatic ring is 1. The number of aliphatic carboxylic acids is 1. The number of carboxylic acids is 1. The first-order valence-corrected chi connectivity index (χ1v) is 14.3.